The molecule has 0 unspecified atom stereocenters. The Hall–Kier alpha value is -3.21. The number of hydrogen-bond acceptors (Lipinski definition) is 1. The predicted molar refractivity (Wildman–Crippen MR) is 225 cm³/mol. The van der Waals surface area contributed by atoms with Gasteiger partial charge in [0.25, 0.3) is 0 Å². The van der Waals surface area contributed by atoms with Gasteiger partial charge >= 0.3 is 256 Å². The summed E-state index contributed by atoms with van der Waals surface area (Å²) < 4.78 is 146. The molecule has 0 aliphatic heterocycles. The molecule has 20 heteroatoms. The fraction of sp³-hybridized carbons (Fsp3) is 0.154. The number of carbonyl (C=O) groups is 1. The van der Waals surface area contributed by atoms with Gasteiger partial charge in [0.05, 0.1) is 19.2 Å². The standard InChI is InChI=1S/C28H20Br2ClF5NOP.C10H4BrClF5N.CH3F/c29-23-16-19(25(17-24(23)31)37-26(38)27(32,33)28(34,35)36)18-39(30,20-10-4-1-5-11-20,21-12-6-2-7-13-21)22-14-8-3-9-15-22;11-5-1-4-2-8(9(13,14)10(15,16)17)18-7(4)3-6(5)12;1-2/h1-17H,18H2,(H,37,38);1-3,18H;1H3/i;;1D. The number of H-pyrrole nitrogens is 1. The molecule has 0 fully saturated rings. The minimum absolute atomic E-state index is 0.0263. The summed E-state index contributed by atoms with van der Waals surface area (Å²) in [4.78, 5) is 14.3. The van der Waals surface area contributed by atoms with Crippen LogP contribution in [0.1, 0.15) is 12.6 Å². The van der Waals surface area contributed by atoms with E-state index in [1.807, 2.05) is 96.0 Å². The molecular formula is C39H27Br3Cl2F11N2OP. The monoisotopic (exact) mass is 1090 g/mol. The van der Waals surface area contributed by atoms with E-state index in [4.69, 9.17) is 24.6 Å². The topological polar surface area (TPSA) is 44.9 Å². The maximum absolute atomic E-state index is 13.9. The maximum atomic E-state index is 13.9. The molecule has 1 amide bonds. The van der Waals surface area contributed by atoms with Gasteiger partial charge in [-0.15, -0.1) is 0 Å². The summed E-state index contributed by atoms with van der Waals surface area (Å²) in [7, 11) is -1.00. The maximum Gasteiger partial charge on any atom is 0.0785 e. The van der Waals surface area contributed by atoms with Crippen molar-refractivity contribution < 1.29 is 54.5 Å². The molecule has 5 aromatic carbocycles. The summed E-state index contributed by atoms with van der Waals surface area (Å²) in [5, 5.41) is 1.19. The molecule has 0 spiro atoms. The largest absolute Gasteiger partial charge is 0.255 e. The zero-order chi connectivity index (χ0) is 44.9. The predicted octanol–water partition coefficient (Wildman–Crippen LogP) is 14.4. The molecule has 2 N–H and O–H groups in total. The van der Waals surface area contributed by atoms with E-state index in [1.165, 1.54) is 24.3 Å². The third-order valence-electron chi connectivity index (χ3n) is 8.74. The number of benzene rings is 5. The number of alkyl halides is 11. The number of nitrogens with one attached hydrogen (secondary N) is 2. The second kappa shape index (κ2) is 18.4. The molecule has 0 aliphatic rings. The Labute approximate surface area is 366 Å². The van der Waals surface area contributed by atoms with Gasteiger partial charge in [-0.2, -0.15) is 22.0 Å². The third kappa shape index (κ3) is 9.80. The van der Waals surface area contributed by atoms with Crippen LogP contribution >= 0.6 is 75.9 Å². The van der Waals surface area contributed by atoms with Crippen molar-refractivity contribution in [3.05, 3.63) is 152 Å². The minimum atomic E-state index is -6.07. The zero-order valence-corrected chi connectivity index (χ0v) is 36.5. The summed E-state index contributed by atoms with van der Waals surface area (Å²) in [6, 6.07) is 34.5. The van der Waals surface area contributed by atoms with Crippen LogP contribution in [-0.2, 0) is 16.9 Å². The molecule has 0 saturated carbocycles. The zero-order valence-electron chi connectivity index (χ0n) is 30.4. The first kappa shape index (κ1) is 46.8. The molecule has 6 aromatic rings. The molecule has 1 heterocycles. The molecule has 0 radical (unpaired) electrons. The molecule has 0 saturated heterocycles. The Morgan fingerprint density at radius 2 is 1.12 bits per heavy atom. The van der Waals surface area contributed by atoms with E-state index in [-0.39, 0.29) is 32.8 Å². The summed E-state index contributed by atoms with van der Waals surface area (Å²) in [5.74, 6) is -13.0. The van der Waals surface area contributed by atoms with Crippen LogP contribution in [0.2, 0.25) is 10.0 Å². The molecule has 6 rings (SSSR count). The Morgan fingerprint density at radius 1 is 0.695 bits per heavy atom. The molecule has 0 aliphatic carbocycles. The quantitative estimate of drug-likeness (QED) is 0.116. The van der Waals surface area contributed by atoms with Crippen LogP contribution in [0, 0.1) is 0 Å². The number of anilines is 1. The van der Waals surface area contributed by atoms with E-state index in [9.17, 15) is 53.1 Å². The second-order valence-corrected chi connectivity index (χ2v) is 23.9. The third-order valence-corrected chi connectivity index (χ3v) is 20.6. The van der Waals surface area contributed by atoms with E-state index < -0.39 is 48.3 Å². The van der Waals surface area contributed by atoms with Crippen molar-refractivity contribution in [2.24, 2.45) is 0 Å². The van der Waals surface area contributed by atoms with Crippen LogP contribution in [0.25, 0.3) is 10.9 Å². The van der Waals surface area contributed by atoms with Crippen molar-refractivity contribution in [1.82, 2.24) is 4.98 Å². The SMILES string of the molecule is FC(F)(F)C(F)(F)c1cc2cc(Br)c(Cl)cc2[nH]1.O=C(Nc1cc(Cl)c(Br)cc1CP(Br)(c1ccccc1)(c1ccccc1)c1ccccc1)C(F)(F)C(F)(F)F.[2H]CF. The van der Waals surface area contributed by atoms with Crippen molar-refractivity contribution in [2.45, 2.75) is 30.4 Å². The Morgan fingerprint density at radius 3 is 1.54 bits per heavy atom. The fourth-order valence-electron chi connectivity index (χ4n) is 5.87. The normalized spacial score (nSPS) is 13.2. The van der Waals surface area contributed by atoms with Gasteiger partial charge in [0, 0.05) is 15.4 Å². The Bertz CT molecular complexity index is 2290. The molecule has 316 valence electrons. The van der Waals surface area contributed by atoms with Crippen LogP contribution in [0.3, 0.4) is 0 Å². The van der Waals surface area contributed by atoms with Crippen LogP contribution in [0.15, 0.2) is 130 Å². The number of hydrogen-bond donors (Lipinski definition) is 2. The van der Waals surface area contributed by atoms with E-state index in [0.29, 0.717) is 14.5 Å². The number of aromatic nitrogens is 1. The second-order valence-electron chi connectivity index (χ2n) is 12.4. The Balaban J connectivity index is 0.000000313. The average molecular weight is 1090 g/mol. The van der Waals surface area contributed by atoms with Crippen LogP contribution in [0.4, 0.5) is 54.0 Å². The summed E-state index contributed by atoms with van der Waals surface area (Å²) in [6.45, 7) is 0. The van der Waals surface area contributed by atoms with Gasteiger partial charge in [0.1, 0.15) is 0 Å². The van der Waals surface area contributed by atoms with Crippen molar-refractivity contribution >= 4 is 114 Å². The molecule has 3 nitrogen and oxygen atoms in total. The number of amides is 1. The Kier molecular flexibility index (Phi) is 14.6. The van der Waals surface area contributed by atoms with Crippen molar-refractivity contribution in [1.29, 1.82) is 0 Å². The van der Waals surface area contributed by atoms with Crippen LogP contribution in [0.5, 0.6) is 0 Å². The van der Waals surface area contributed by atoms with Crippen molar-refractivity contribution in [3.8, 4) is 0 Å². The van der Waals surface area contributed by atoms with Gasteiger partial charge in [0.15, 0.2) is 0 Å². The number of aromatic amines is 1. The first-order valence-electron chi connectivity index (χ1n) is 17.0. The molecule has 1 aromatic heterocycles. The van der Waals surface area contributed by atoms with Gasteiger partial charge in [-0.25, -0.2) is 0 Å². The van der Waals surface area contributed by atoms with Crippen molar-refractivity contribution in [3.63, 3.8) is 0 Å². The van der Waals surface area contributed by atoms with Gasteiger partial charge in [-0.05, 0) is 34.1 Å². The summed E-state index contributed by atoms with van der Waals surface area (Å²) in [5.41, 5.74) is -1.06. The number of halogens is 16. The average Bonchev–Trinajstić information content (AvgIpc) is 3.61. The van der Waals surface area contributed by atoms with E-state index >= 15 is 0 Å². The van der Waals surface area contributed by atoms with Crippen LogP contribution < -0.4 is 21.2 Å². The first-order valence-corrected chi connectivity index (χ1v) is 23.0. The van der Waals surface area contributed by atoms with E-state index in [2.05, 4.69) is 47.3 Å². The summed E-state index contributed by atoms with van der Waals surface area (Å²) >= 11 is 22.6. The van der Waals surface area contributed by atoms with Gasteiger partial charge in [-0.1, -0.05) is 11.6 Å². The molecule has 0 atom stereocenters. The van der Waals surface area contributed by atoms with E-state index in [0.717, 1.165) is 22.0 Å². The first-order chi connectivity index (χ1) is 27.8. The van der Waals surface area contributed by atoms with Crippen LogP contribution in [-0.4, -0.2) is 36.3 Å². The van der Waals surface area contributed by atoms with Gasteiger partial charge < -0.3 is 4.98 Å². The summed E-state index contributed by atoms with van der Waals surface area (Å²) in [6.07, 6.45) is -11.6. The smallest absolute Gasteiger partial charge is 0.0785 e. The van der Waals surface area contributed by atoms with Gasteiger partial charge in [0.2, 0.25) is 0 Å². The molecule has 59 heavy (non-hydrogen) atoms. The van der Waals surface area contributed by atoms with Crippen molar-refractivity contribution in [2.75, 3.05) is 12.5 Å². The molecular weight excluding hydrogens is 1060 g/mol. The van der Waals surface area contributed by atoms with Gasteiger partial charge in [-0.3, -0.25) is 4.39 Å². The fourth-order valence-corrected chi connectivity index (χ4v) is 14.6. The number of carbonyl (C=O) groups excluding carboxylic acids is 1. The molecule has 0 bridgehead atoms. The van der Waals surface area contributed by atoms with E-state index in [1.54, 1.807) is 5.32 Å². The number of rotatable bonds is 8. The number of fused-ring (bicyclic) bond motifs is 1. The minimum Gasteiger partial charge on any atom is -0.255 e.